The van der Waals surface area contributed by atoms with E-state index in [9.17, 15) is 4.79 Å². The maximum atomic E-state index is 13.5. The molecule has 1 aliphatic rings. The molecule has 182 valence electrons. The fourth-order valence-corrected chi connectivity index (χ4v) is 5.15. The third-order valence-electron chi connectivity index (χ3n) is 6.89. The maximum Gasteiger partial charge on any atom is 0.272 e. The molecule has 2 aromatic carbocycles. The number of imidazole rings is 1. The Bertz CT molecular complexity index is 1390. The van der Waals surface area contributed by atoms with Crippen LogP contribution in [0.15, 0.2) is 42.5 Å². The Morgan fingerprint density at radius 3 is 2.63 bits per heavy atom. The number of carbonyl (C=O) groups excluding carboxylic acids is 1. The van der Waals surface area contributed by atoms with Gasteiger partial charge in [-0.05, 0) is 37.6 Å². The molecule has 4 N–H and O–H groups in total. The normalized spacial score (nSPS) is 16.1. The highest BCUT2D eigenvalue weighted by molar-refractivity contribution is 6.07. The number of fused-ring (bicyclic) bond motifs is 3. The average Bonchev–Trinajstić information content (AvgIpc) is 3.26. The van der Waals surface area contributed by atoms with Gasteiger partial charge in [0.1, 0.15) is 0 Å². The van der Waals surface area contributed by atoms with Crippen LogP contribution >= 0.6 is 0 Å². The number of benzene rings is 2. The highest BCUT2D eigenvalue weighted by Gasteiger charge is 2.27. The van der Waals surface area contributed by atoms with E-state index in [1.165, 1.54) is 0 Å². The monoisotopic (exact) mass is 471 g/mol. The van der Waals surface area contributed by atoms with Gasteiger partial charge in [0.2, 0.25) is 5.95 Å². The van der Waals surface area contributed by atoms with Gasteiger partial charge in [0, 0.05) is 43.5 Å². The number of carbonyl (C=O) groups is 1. The summed E-state index contributed by atoms with van der Waals surface area (Å²) in [4.78, 5) is 25.5. The zero-order chi connectivity index (χ0) is 24.5. The molecule has 4 aromatic rings. The van der Waals surface area contributed by atoms with E-state index in [2.05, 4.69) is 52.8 Å². The lowest BCUT2D eigenvalue weighted by molar-refractivity contribution is 0.0942. The molecule has 1 atom stereocenters. The number of aromatic nitrogens is 3. The van der Waals surface area contributed by atoms with E-state index in [1.807, 2.05) is 23.6 Å². The number of nitrogens with one attached hydrogen (secondary N) is 2. The molecule has 0 aliphatic carbocycles. The molecule has 0 bridgehead atoms. The van der Waals surface area contributed by atoms with Gasteiger partial charge in [-0.3, -0.25) is 4.79 Å². The maximum absolute atomic E-state index is 13.5. The van der Waals surface area contributed by atoms with E-state index in [1.54, 1.807) is 7.05 Å². The lowest BCUT2D eigenvalue weighted by Gasteiger charge is -2.31. The van der Waals surface area contributed by atoms with Crippen molar-refractivity contribution in [2.45, 2.75) is 45.8 Å². The van der Waals surface area contributed by atoms with E-state index in [4.69, 9.17) is 15.7 Å². The second kappa shape index (κ2) is 9.54. The number of hydrogen-bond acceptors (Lipinski definition) is 6. The number of aryl methyl sites for hydroxylation is 1. The summed E-state index contributed by atoms with van der Waals surface area (Å²) in [5.41, 5.74) is 9.69. The smallest absolute Gasteiger partial charge is 0.272 e. The third kappa shape index (κ3) is 4.18. The van der Waals surface area contributed by atoms with Gasteiger partial charge in [-0.1, -0.05) is 42.5 Å². The van der Waals surface area contributed by atoms with Crippen LogP contribution in [0.4, 0.5) is 11.8 Å². The fraction of sp³-hybridized carbons (Fsp3) is 0.370. The van der Waals surface area contributed by atoms with Crippen LogP contribution in [0.2, 0.25) is 0 Å². The molecule has 1 aliphatic heterocycles. The van der Waals surface area contributed by atoms with Crippen LogP contribution in [0, 0.1) is 6.92 Å². The molecule has 35 heavy (non-hydrogen) atoms. The Morgan fingerprint density at radius 2 is 1.89 bits per heavy atom. The van der Waals surface area contributed by atoms with E-state index >= 15 is 0 Å². The minimum absolute atomic E-state index is 0.122. The zero-order valence-electron chi connectivity index (χ0n) is 20.6. The van der Waals surface area contributed by atoms with Crippen molar-refractivity contribution in [1.29, 1.82) is 0 Å². The summed E-state index contributed by atoms with van der Waals surface area (Å²) in [6, 6.07) is 14.6. The fourth-order valence-electron chi connectivity index (χ4n) is 5.15. The molecule has 0 unspecified atom stereocenters. The number of rotatable bonds is 6. The first-order valence-electron chi connectivity index (χ1n) is 12.4. The van der Waals surface area contributed by atoms with Crippen molar-refractivity contribution in [3.8, 4) is 0 Å². The molecule has 1 saturated heterocycles. The van der Waals surface area contributed by atoms with Gasteiger partial charge >= 0.3 is 0 Å². The van der Waals surface area contributed by atoms with Crippen LogP contribution in [-0.2, 0) is 13.1 Å². The number of pyridine rings is 1. The van der Waals surface area contributed by atoms with Crippen molar-refractivity contribution in [3.63, 3.8) is 0 Å². The van der Waals surface area contributed by atoms with Crippen LogP contribution in [-0.4, -0.2) is 46.6 Å². The predicted molar refractivity (Wildman–Crippen MR) is 142 cm³/mol. The molecule has 3 heterocycles. The van der Waals surface area contributed by atoms with Gasteiger partial charge in [-0.2, -0.15) is 4.98 Å². The zero-order valence-corrected chi connectivity index (χ0v) is 20.6. The topological polar surface area (TPSA) is 101 Å². The summed E-state index contributed by atoms with van der Waals surface area (Å²) < 4.78 is 1.98. The Labute approximate surface area is 205 Å². The summed E-state index contributed by atoms with van der Waals surface area (Å²) in [5, 5.41) is 9.55. The first-order valence-corrected chi connectivity index (χ1v) is 12.4. The van der Waals surface area contributed by atoms with Crippen LogP contribution in [0.5, 0.6) is 0 Å². The quantitative estimate of drug-likeness (QED) is 0.370. The van der Waals surface area contributed by atoms with E-state index in [0.29, 0.717) is 24.6 Å². The van der Waals surface area contributed by atoms with Crippen LogP contribution in [0.3, 0.4) is 0 Å². The number of hydrogen-bond donors (Lipinski definition) is 3. The van der Waals surface area contributed by atoms with Crippen molar-refractivity contribution in [1.82, 2.24) is 19.9 Å². The second-order valence-electron chi connectivity index (χ2n) is 9.21. The number of nitrogens with zero attached hydrogens (tertiary/aromatic N) is 4. The largest absolute Gasteiger partial charge is 0.371 e. The second-order valence-corrected chi connectivity index (χ2v) is 9.21. The Balaban J connectivity index is 1.48. The highest BCUT2D eigenvalue weighted by Crippen LogP contribution is 2.29. The summed E-state index contributed by atoms with van der Waals surface area (Å²) >= 11 is 0. The van der Waals surface area contributed by atoms with Gasteiger partial charge in [0.25, 0.3) is 5.91 Å². The van der Waals surface area contributed by atoms with E-state index in [0.717, 1.165) is 64.8 Å². The van der Waals surface area contributed by atoms with Crippen LogP contribution in [0.1, 0.15) is 41.5 Å². The van der Waals surface area contributed by atoms with E-state index < -0.39 is 0 Å². The van der Waals surface area contributed by atoms with Crippen molar-refractivity contribution >= 4 is 39.3 Å². The lowest BCUT2D eigenvalue weighted by atomic mass is 10.0. The minimum atomic E-state index is -0.174. The molecule has 0 saturated carbocycles. The third-order valence-corrected chi connectivity index (χ3v) is 6.89. The van der Waals surface area contributed by atoms with Gasteiger partial charge in [-0.25, -0.2) is 4.98 Å². The van der Waals surface area contributed by atoms with Gasteiger partial charge < -0.3 is 25.8 Å². The highest BCUT2D eigenvalue weighted by atomic mass is 16.2. The Morgan fingerprint density at radius 1 is 1.11 bits per heavy atom. The van der Waals surface area contributed by atoms with Crippen molar-refractivity contribution in [2.24, 2.45) is 5.73 Å². The molecule has 8 nitrogen and oxygen atoms in total. The summed E-state index contributed by atoms with van der Waals surface area (Å²) in [5.74, 6) is 1.19. The summed E-state index contributed by atoms with van der Waals surface area (Å²) in [6.45, 7) is 6.70. The van der Waals surface area contributed by atoms with Crippen LogP contribution in [0.25, 0.3) is 21.7 Å². The molecule has 1 fully saturated rings. The van der Waals surface area contributed by atoms with Gasteiger partial charge in [-0.15, -0.1) is 0 Å². The summed E-state index contributed by atoms with van der Waals surface area (Å²) in [6.07, 6.45) is 2.04. The Kier molecular flexibility index (Phi) is 6.30. The Hall–Kier alpha value is -3.65. The van der Waals surface area contributed by atoms with Crippen LogP contribution < -0.4 is 21.3 Å². The van der Waals surface area contributed by atoms with Crippen molar-refractivity contribution in [3.05, 3.63) is 59.4 Å². The minimum Gasteiger partial charge on any atom is -0.371 e. The number of anilines is 2. The predicted octanol–water partition coefficient (Wildman–Crippen LogP) is 3.81. The molecule has 2 aromatic heterocycles. The first-order chi connectivity index (χ1) is 17.0. The number of piperidine rings is 1. The number of amides is 1. The average molecular weight is 472 g/mol. The molecule has 8 heteroatoms. The SMILES string of the molecule is CCn1c(N2CCC[C@@H](N)C2)nc(NC)c1C(=O)NCc1nc2c(C)cccc2c2ccccc12. The van der Waals surface area contributed by atoms with Gasteiger partial charge in [0.15, 0.2) is 11.5 Å². The molecular weight excluding hydrogens is 438 g/mol. The molecule has 1 amide bonds. The first kappa shape index (κ1) is 23.1. The molecule has 0 radical (unpaired) electrons. The number of para-hydroxylation sites is 1. The van der Waals surface area contributed by atoms with Crippen molar-refractivity contribution in [2.75, 3.05) is 30.4 Å². The van der Waals surface area contributed by atoms with E-state index in [-0.39, 0.29) is 11.9 Å². The molecule has 5 rings (SSSR count). The van der Waals surface area contributed by atoms with Gasteiger partial charge in [0.05, 0.1) is 17.8 Å². The molecule has 0 spiro atoms. The standard InChI is InChI=1S/C27H33N7O/c1-4-34-24(25(29-3)32-27(34)33-14-8-10-18(28)16-33)26(35)30-15-22-20-12-6-5-11-19(20)21-13-7-9-17(2)23(21)31-22/h5-7,9,11-13,18,29H,4,8,10,14-16,28H2,1-3H3,(H,30,35)/t18-/m1/s1. The number of nitrogens with two attached hydrogens (primary N) is 1. The lowest BCUT2D eigenvalue weighted by Crippen LogP contribution is -2.44. The molecular formula is C27H33N7O. The summed E-state index contributed by atoms with van der Waals surface area (Å²) in [7, 11) is 1.80. The van der Waals surface area contributed by atoms with Crippen molar-refractivity contribution < 1.29 is 4.79 Å².